The van der Waals surface area contributed by atoms with Gasteiger partial charge in [-0.15, -0.1) is 0 Å². The summed E-state index contributed by atoms with van der Waals surface area (Å²) in [6.45, 7) is 1.99. The number of carbonyl (C=O) groups excluding carboxylic acids is 1. The first-order chi connectivity index (χ1) is 20.7. The number of aromatic nitrogens is 2. The van der Waals surface area contributed by atoms with Crippen LogP contribution in [0.15, 0.2) is 87.4 Å². The van der Waals surface area contributed by atoms with E-state index in [1.54, 1.807) is 54.6 Å². The van der Waals surface area contributed by atoms with Crippen molar-refractivity contribution in [3.8, 4) is 23.1 Å². The molecule has 0 saturated heterocycles. The van der Waals surface area contributed by atoms with E-state index in [-0.39, 0.29) is 16.7 Å². The number of nitrogens with zero attached hydrogens (tertiary/aromatic N) is 3. The first kappa shape index (κ1) is 29.7. The second kappa shape index (κ2) is 12.2. The van der Waals surface area contributed by atoms with Gasteiger partial charge in [0.25, 0.3) is 11.5 Å². The number of hydrogen-bond donors (Lipinski definition) is 2. The first-order valence-corrected chi connectivity index (χ1v) is 15.7. The summed E-state index contributed by atoms with van der Waals surface area (Å²) in [4.78, 5) is 29.9. The van der Waals surface area contributed by atoms with Crippen molar-refractivity contribution in [2.45, 2.75) is 54.9 Å². The number of aryl methyl sites for hydroxylation is 1. The van der Waals surface area contributed by atoms with E-state index >= 15 is 0 Å². The molecular weight excluding hydrogens is 564 g/mol. The lowest BCUT2D eigenvalue weighted by atomic mass is 9.99. The van der Waals surface area contributed by atoms with Gasteiger partial charge in [0, 0.05) is 19.0 Å². The molecule has 1 saturated carbocycles. The Morgan fingerprint density at radius 3 is 2.49 bits per heavy atom. The molecule has 0 spiro atoms. The molecule has 3 aromatic carbocycles. The molecule has 0 aliphatic heterocycles. The molecule has 1 heterocycles. The number of amides is 1. The summed E-state index contributed by atoms with van der Waals surface area (Å²) >= 11 is 0. The number of hydrogen-bond acceptors (Lipinski definition) is 7. The highest BCUT2D eigenvalue weighted by atomic mass is 32.2. The van der Waals surface area contributed by atoms with Crippen LogP contribution in [0.4, 0.5) is 0 Å². The smallest absolute Gasteiger partial charge is 0.277 e. The van der Waals surface area contributed by atoms with Gasteiger partial charge in [0.2, 0.25) is 15.7 Å². The highest BCUT2D eigenvalue weighted by Crippen LogP contribution is 2.44. The van der Waals surface area contributed by atoms with Crippen LogP contribution in [-0.2, 0) is 16.3 Å². The van der Waals surface area contributed by atoms with E-state index in [0.29, 0.717) is 40.9 Å². The lowest BCUT2D eigenvalue weighted by Crippen LogP contribution is -2.34. The van der Waals surface area contributed by atoms with Gasteiger partial charge in [-0.1, -0.05) is 55.8 Å². The van der Waals surface area contributed by atoms with E-state index < -0.39 is 32.2 Å². The molecule has 1 atom stereocenters. The second-order valence-electron chi connectivity index (χ2n) is 10.6. The Morgan fingerprint density at radius 1 is 1.12 bits per heavy atom. The van der Waals surface area contributed by atoms with Gasteiger partial charge < -0.3 is 10.4 Å². The van der Waals surface area contributed by atoms with Gasteiger partial charge in [0.1, 0.15) is 5.82 Å². The van der Waals surface area contributed by atoms with E-state index in [0.717, 1.165) is 24.8 Å². The Bertz CT molecular complexity index is 1890. The number of sulfone groups is 1. The zero-order valence-electron chi connectivity index (χ0n) is 23.9. The topological polar surface area (TPSA) is 142 Å². The van der Waals surface area contributed by atoms with Crippen LogP contribution in [0.5, 0.6) is 5.88 Å². The monoisotopic (exact) mass is 596 g/mol. The third-order valence-corrected chi connectivity index (χ3v) is 9.52. The highest BCUT2D eigenvalue weighted by molar-refractivity contribution is 7.91. The minimum absolute atomic E-state index is 0.0635. The van der Waals surface area contributed by atoms with Crippen LogP contribution in [0.1, 0.15) is 66.0 Å². The zero-order chi connectivity index (χ0) is 30.7. The van der Waals surface area contributed by atoms with Crippen LogP contribution in [0.3, 0.4) is 0 Å². The predicted molar refractivity (Wildman–Crippen MR) is 162 cm³/mol. The maximum absolute atomic E-state index is 14.2. The third-order valence-electron chi connectivity index (χ3n) is 7.73. The molecule has 1 fully saturated rings. The lowest BCUT2D eigenvalue weighted by molar-refractivity contribution is 0.0963. The number of nitrogens with one attached hydrogen (secondary N) is 1. The molecule has 5 rings (SSSR count). The van der Waals surface area contributed by atoms with Crippen LogP contribution >= 0.6 is 0 Å². The second-order valence-corrected chi connectivity index (χ2v) is 12.5. The van der Waals surface area contributed by atoms with Crippen molar-refractivity contribution in [2.75, 3.05) is 7.05 Å². The maximum Gasteiger partial charge on any atom is 0.277 e. The minimum atomic E-state index is -4.50. The molecule has 1 amide bonds. The Kier molecular flexibility index (Phi) is 8.46. The summed E-state index contributed by atoms with van der Waals surface area (Å²) < 4.78 is 29.3. The molecule has 1 aromatic heterocycles. The molecule has 0 bridgehead atoms. The number of nitriles is 1. The average molecular weight is 597 g/mol. The molecule has 9 nitrogen and oxygen atoms in total. The van der Waals surface area contributed by atoms with Crippen molar-refractivity contribution in [3.05, 3.63) is 106 Å². The molecule has 1 aliphatic rings. The number of unbranched alkanes of at least 4 members (excludes halogenated alkanes) is 1. The quantitative estimate of drug-likeness (QED) is 0.262. The van der Waals surface area contributed by atoms with Crippen molar-refractivity contribution in [1.82, 2.24) is 14.9 Å². The van der Waals surface area contributed by atoms with Gasteiger partial charge >= 0.3 is 0 Å². The van der Waals surface area contributed by atoms with Gasteiger partial charge in [-0.2, -0.15) is 10.2 Å². The number of rotatable bonds is 10. The van der Waals surface area contributed by atoms with Crippen LogP contribution in [0.25, 0.3) is 11.1 Å². The van der Waals surface area contributed by atoms with Gasteiger partial charge in [-0.05, 0) is 72.2 Å². The summed E-state index contributed by atoms with van der Waals surface area (Å²) in [5, 5.41) is 23.0. The predicted octanol–water partition coefficient (Wildman–Crippen LogP) is 5.02. The number of aromatic hydroxyl groups is 1. The van der Waals surface area contributed by atoms with E-state index in [1.807, 2.05) is 13.0 Å². The number of carbonyl (C=O) groups is 1. The fourth-order valence-corrected chi connectivity index (χ4v) is 6.76. The minimum Gasteiger partial charge on any atom is -0.492 e. The summed E-state index contributed by atoms with van der Waals surface area (Å²) in [5.74, 6) is -0.739. The largest absolute Gasteiger partial charge is 0.492 e. The Hall–Kier alpha value is -4.75. The fourth-order valence-electron chi connectivity index (χ4n) is 5.42. The molecule has 4 aromatic rings. The average Bonchev–Trinajstić information content (AvgIpc) is 3.86. The van der Waals surface area contributed by atoms with Crippen LogP contribution in [0.2, 0.25) is 0 Å². The normalized spacial score (nSPS) is 13.7. The van der Waals surface area contributed by atoms with Crippen LogP contribution in [-0.4, -0.2) is 36.0 Å². The Balaban J connectivity index is 1.64. The molecule has 2 N–H and O–H groups in total. The lowest BCUT2D eigenvalue weighted by Gasteiger charge is -2.24. The summed E-state index contributed by atoms with van der Waals surface area (Å²) in [6.07, 6.45) is 3.54. The molecular formula is C33H32N4O5S. The standard InChI is InChI=1S/C33H32N4O5S/c1-3-4-12-28-36-32(39)30(33(40)37(28)29(23-13-14-23)24-9-7-8-21(19-24)20-34)43(41,42)25-17-15-22(16-18-25)26-10-5-6-11-27(26)31(38)35-2/h5-11,15-19,23,29,39H,3-4,12-14H2,1-2H3,(H,35,38). The van der Waals surface area contributed by atoms with Crippen LogP contribution < -0.4 is 10.9 Å². The van der Waals surface area contributed by atoms with Crippen molar-refractivity contribution in [1.29, 1.82) is 5.26 Å². The van der Waals surface area contributed by atoms with Crippen molar-refractivity contribution < 1.29 is 18.3 Å². The van der Waals surface area contributed by atoms with Gasteiger partial charge in [-0.3, -0.25) is 14.2 Å². The molecule has 0 radical (unpaired) electrons. The van der Waals surface area contributed by atoms with Crippen molar-refractivity contribution in [2.24, 2.45) is 5.92 Å². The summed E-state index contributed by atoms with van der Waals surface area (Å²) in [6, 6.07) is 21.4. The zero-order valence-corrected chi connectivity index (χ0v) is 24.8. The van der Waals surface area contributed by atoms with Gasteiger partial charge in [-0.25, -0.2) is 8.42 Å². The third kappa shape index (κ3) is 5.81. The SMILES string of the molecule is CCCCc1nc(O)c(S(=O)(=O)c2ccc(-c3ccccc3C(=O)NC)cc2)c(=O)n1C(c1cccc(C#N)c1)C1CC1. The Morgan fingerprint density at radius 2 is 1.84 bits per heavy atom. The summed E-state index contributed by atoms with van der Waals surface area (Å²) in [5.41, 5.74) is 1.97. The molecule has 220 valence electrons. The van der Waals surface area contributed by atoms with Crippen LogP contribution in [0, 0.1) is 17.2 Å². The van der Waals surface area contributed by atoms with Crippen molar-refractivity contribution in [3.63, 3.8) is 0 Å². The maximum atomic E-state index is 14.2. The van der Waals surface area contributed by atoms with Crippen molar-refractivity contribution >= 4 is 15.7 Å². The fraction of sp³-hybridized carbons (Fsp3) is 0.273. The Labute approximate surface area is 250 Å². The first-order valence-electron chi connectivity index (χ1n) is 14.2. The highest BCUT2D eigenvalue weighted by Gasteiger charge is 2.38. The van der Waals surface area contributed by atoms with E-state index in [9.17, 15) is 28.4 Å². The molecule has 1 aliphatic carbocycles. The van der Waals surface area contributed by atoms with E-state index in [1.165, 1.54) is 23.7 Å². The molecule has 43 heavy (non-hydrogen) atoms. The molecule has 1 unspecified atom stereocenters. The molecule has 10 heteroatoms. The van der Waals surface area contributed by atoms with E-state index in [2.05, 4.69) is 16.4 Å². The van der Waals surface area contributed by atoms with Gasteiger partial charge in [0.05, 0.1) is 22.6 Å². The summed E-state index contributed by atoms with van der Waals surface area (Å²) in [7, 11) is -2.97. The van der Waals surface area contributed by atoms with E-state index in [4.69, 9.17) is 0 Å². The number of benzene rings is 3. The van der Waals surface area contributed by atoms with Gasteiger partial charge in [0.15, 0.2) is 4.90 Å².